The summed E-state index contributed by atoms with van der Waals surface area (Å²) in [6.07, 6.45) is 0.345. The van der Waals surface area contributed by atoms with Crippen molar-refractivity contribution < 1.29 is 13.2 Å². The largest absolute Gasteiger partial charge is 0.299 e. The number of hydrogen-bond donors (Lipinski definition) is 0. The Labute approximate surface area is 133 Å². The van der Waals surface area contributed by atoms with Gasteiger partial charge in [0.05, 0.1) is 14.6 Å². The van der Waals surface area contributed by atoms with Gasteiger partial charge in [0.25, 0.3) is 0 Å². The fraction of sp³-hybridized carbons (Fsp3) is 0.188. The van der Waals surface area contributed by atoms with Gasteiger partial charge in [-0.25, -0.2) is 8.42 Å². The Kier molecular flexibility index (Phi) is 4.96. The van der Waals surface area contributed by atoms with E-state index in [2.05, 4.69) is 15.9 Å². The number of carbonyl (C=O) groups is 1. The second-order valence-electron chi connectivity index (χ2n) is 4.71. The highest BCUT2D eigenvalue weighted by atomic mass is 79.9. The predicted molar refractivity (Wildman–Crippen MR) is 85.4 cm³/mol. The average Bonchev–Trinajstić information content (AvgIpc) is 2.48. The Morgan fingerprint density at radius 2 is 1.62 bits per heavy atom. The summed E-state index contributed by atoms with van der Waals surface area (Å²) in [5, 5.41) is 0. The maximum absolute atomic E-state index is 12.7. The number of rotatable bonds is 5. The van der Waals surface area contributed by atoms with Crippen LogP contribution in [0.5, 0.6) is 0 Å². The van der Waals surface area contributed by atoms with Crippen molar-refractivity contribution in [1.29, 1.82) is 0 Å². The first-order valence-corrected chi connectivity index (χ1v) is 8.85. The number of sulfone groups is 1. The lowest BCUT2D eigenvalue weighted by Gasteiger charge is -2.12. The van der Waals surface area contributed by atoms with Crippen LogP contribution in [-0.4, -0.2) is 19.0 Å². The highest BCUT2D eigenvalue weighted by molar-refractivity contribution is 9.10. The average molecular weight is 367 g/mol. The van der Waals surface area contributed by atoms with E-state index in [0.29, 0.717) is 12.0 Å². The molecular formula is C16H15BrO3S. The third-order valence-electron chi connectivity index (χ3n) is 3.16. The van der Waals surface area contributed by atoms with E-state index in [1.807, 2.05) is 0 Å². The van der Waals surface area contributed by atoms with Gasteiger partial charge in [-0.05, 0) is 37.1 Å². The highest BCUT2D eigenvalue weighted by Crippen LogP contribution is 2.26. The molecule has 3 nitrogen and oxygen atoms in total. The molecule has 5 heteroatoms. The predicted octanol–water partition coefficient (Wildman–Crippen LogP) is 3.41. The van der Waals surface area contributed by atoms with E-state index < -0.39 is 9.84 Å². The maximum atomic E-state index is 12.7. The van der Waals surface area contributed by atoms with Crippen molar-refractivity contribution in [3.63, 3.8) is 0 Å². The SMILES string of the molecule is CC(=O)C(Br)Cc1ccccc1S(=O)(=O)c1ccccc1. The number of alkyl halides is 1. The van der Waals surface area contributed by atoms with Crippen LogP contribution < -0.4 is 0 Å². The van der Waals surface area contributed by atoms with Gasteiger partial charge >= 0.3 is 0 Å². The van der Waals surface area contributed by atoms with E-state index in [1.54, 1.807) is 54.6 Å². The second-order valence-corrected chi connectivity index (χ2v) is 7.73. The minimum Gasteiger partial charge on any atom is -0.299 e. The van der Waals surface area contributed by atoms with Gasteiger partial charge in [-0.2, -0.15) is 0 Å². The van der Waals surface area contributed by atoms with Crippen molar-refractivity contribution in [2.45, 2.75) is 28.0 Å². The van der Waals surface area contributed by atoms with Gasteiger partial charge in [-0.3, -0.25) is 4.79 Å². The summed E-state index contributed by atoms with van der Waals surface area (Å²) in [4.78, 5) is 11.5. The zero-order valence-corrected chi connectivity index (χ0v) is 13.9. The van der Waals surface area contributed by atoms with Crippen molar-refractivity contribution >= 4 is 31.6 Å². The maximum Gasteiger partial charge on any atom is 0.206 e. The molecule has 0 radical (unpaired) electrons. The third kappa shape index (κ3) is 3.60. The van der Waals surface area contributed by atoms with Crippen molar-refractivity contribution in [1.82, 2.24) is 0 Å². The van der Waals surface area contributed by atoms with Crippen LogP contribution >= 0.6 is 15.9 Å². The van der Waals surface area contributed by atoms with E-state index in [4.69, 9.17) is 0 Å². The van der Waals surface area contributed by atoms with Crippen LogP contribution in [0.1, 0.15) is 12.5 Å². The Morgan fingerprint density at radius 1 is 1.05 bits per heavy atom. The van der Waals surface area contributed by atoms with Crippen LogP contribution in [0.15, 0.2) is 64.4 Å². The van der Waals surface area contributed by atoms with Gasteiger partial charge in [-0.1, -0.05) is 52.3 Å². The van der Waals surface area contributed by atoms with Gasteiger partial charge in [0.1, 0.15) is 5.78 Å². The van der Waals surface area contributed by atoms with E-state index in [0.717, 1.165) is 0 Å². The molecule has 0 amide bonds. The molecule has 21 heavy (non-hydrogen) atoms. The molecule has 1 atom stereocenters. The molecule has 0 aromatic heterocycles. The normalized spacial score (nSPS) is 12.9. The Hall–Kier alpha value is -1.46. The molecule has 1 unspecified atom stereocenters. The molecule has 0 spiro atoms. The fourth-order valence-electron chi connectivity index (χ4n) is 2.00. The number of halogens is 1. The van der Waals surface area contributed by atoms with Crippen molar-refractivity contribution in [2.75, 3.05) is 0 Å². The summed E-state index contributed by atoms with van der Waals surface area (Å²) in [7, 11) is -3.57. The van der Waals surface area contributed by atoms with Gasteiger partial charge in [0.15, 0.2) is 0 Å². The van der Waals surface area contributed by atoms with E-state index in [1.165, 1.54) is 6.92 Å². The summed E-state index contributed by atoms with van der Waals surface area (Å²) in [6.45, 7) is 1.48. The molecule has 0 aliphatic heterocycles. The fourth-order valence-corrected chi connectivity index (χ4v) is 3.87. The molecule has 0 aliphatic rings. The van der Waals surface area contributed by atoms with Gasteiger partial charge in [0.2, 0.25) is 9.84 Å². The smallest absolute Gasteiger partial charge is 0.206 e. The number of carbonyl (C=O) groups excluding carboxylic acids is 1. The molecule has 0 saturated carbocycles. The first-order chi connectivity index (χ1) is 9.93. The molecule has 0 saturated heterocycles. The molecule has 0 aliphatic carbocycles. The standard InChI is InChI=1S/C16H15BrO3S/c1-12(18)15(17)11-13-7-5-6-10-16(13)21(19,20)14-8-3-2-4-9-14/h2-10,15H,11H2,1H3. The molecule has 110 valence electrons. The Bertz CT molecular complexity index is 739. The first-order valence-electron chi connectivity index (χ1n) is 6.45. The molecule has 0 fully saturated rings. The number of ketones is 1. The van der Waals surface area contributed by atoms with E-state index in [-0.39, 0.29) is 20.4 Å². The zero-order valence-electron chi connectivity index (χ0n) is 11.5. The topological polar surface area (TPSA) is 51.2 Å². The van der Waals surface area contributed by atoms with Crippen molar-refractivity contribution in [3.05, 3.63) is 60.2 Å². The van der Waals surface area contributed by atoms with Gasteiger partial charge in [-0.15, -0.1) is 0 Å². The van der Waals surface area contributed by atoms with Crippen LogP contribution in [0, 0.1) is 0 Å². The monoisotopic (exact) mass is 366 g/mol. The molecule has 2 aromatic rings. The molecular weight excluding hydrogens is 352 g/mol. The van der Waals surface area contributed by atoms with Crippen molar-refractivity contribution in [2.24, 2.45) is 0 Å². The second kappa shape index (κ2) is 6.54. The molecule has 2 aromatic carbocycles. The minimum atomic E-state index is -3.57. The van der Waals surface area contributed by atoms with E-state index >= 15 is 0 Å². The lowest BCUT2D eigenvalue weighted by molar-refractivity contribution is -0.116. The quantitative estimate of drug-likeness (QED) is 0.761. The van der Waals surface area contributed by atoms with Crippen LogP contribution in [0.25, 0.3) is 0 Å². The summed E-state index contributed by atoms with van der Waals surface area (Å²) in [5.74, 6) is -0.0260. The van der Waals surface area contributed by atoms with Crippen LogP contribution in [0.3, 0.4) is 0 Å². The zero-order chi connectivity index (χ0) is 15.5. The molecule has 0 N–H and O–H groups in total. The first kappa shape index (κ1) is 15.9. The van der Waals surface area contributed by atoms with E-state index in [9.17, 15) is 13.2 Å². The van der Waals surface area contributed by atoms with Gasteiger partial charge < -0.3 is 0 Å². The molecule has 2 rings (SSSR count). The Morgan fingerprint density at radius 3 is 2.24 bits per heavy atom. The van der Waals surface area contributed by atoms with Crippen molar-refractivity contribution in [3.8, 4) is 0 Å². The lowest BCUT2D eigenvalue weighted by atomic mass is 10.1. The van der Waals surface area contributed by atoms with Gasteiger partial charge in [0, 0.05) is 0 Å². The minimum absolute atomic E-state index is 0.0260. The third-order valence-corrected chi connectivity index (χ3v) is 5.99. The summed E-state index contributed by atoms with van der Waals surface area (Å²) in [5.41, 5.74) is 0.637. The highest BCUT2D eigenvalue weighted by Gasteiger charge is 2.22. The lowest BCUT2D eigenvalue weighted by Crippen LogP contribution is -2.15. The molecule has 0 heterocycles. The summed E-state index contributed by atoms with van der Waals surface area (Å²) in [6, 6.07) is 15.1. The van der Waals surface area contributed by atoms with Crippen LogP contribution in [-0.2, 0) is 21.1 Å². The number of benzene rings is 2. The van der Waals surface area contributed by atoms with Crippen LogP contribution in [0.2, 0.25) is 0 Å². The molecule has 0 bridgehead atoms. The number of Topliss-reactive ketones (excluding diaryl/α,β-unsaturated/α-hetero) is 1. The number of hydrogen-bond acceptors (Lipinski definition) is 3. The van der Waals surface area contributed by atoms with Crippen LogP contribution in [0.4, 0.5) is 0 Å². The summed E-state index contributed by atoms with van der Waals surface area (Å²) >= 11 is 3.29. The summed E-state index contributed by atoms with van der Waals surface area (Å²) < 4.78 is 25.4. The Balaban J connectivity index is 2.48.